The molecule has 6 atom stereocenters. The third-order valence-corrected chi connectivity index (χ3v) is 7.54. The molecular formula is C35H75Cl2N7O11. The van der Waals surface area contributed by atoms with Gasteiger partial charge in [0, 0.05) is 51.6 Å². The first-order valence-corrected chi connectivity index (χ1v) is 15.6. The van der Waals surface area contributed by atoms with Crippen LogP contribution in [0.2, 0.25) is 0 Å². The van der Waals surface area contributed by atoms with Crippen LogP contribution in [-0.4, -0.2) is 138 Å². The van der Waals surface area contributed by atoms with Crippen molar-refractivity contribution in [1.82, 2.24) is 20.0 Å². The maximum Gasteiger partial charge on any atom is 0.316 e. The van der Waals surface area contributed by atoms with Crippen LogP contribution < -0.4 is 22.5 Å². The summed E-state index contributed by atoms with van der Waals surface area (Å²) in [6.07, 6.45) is 2.81. The molecule has 5 fully saturated rings. The van der Waals surface area contributed by atoms with Crippen molar-refractivity contribution in [3.05, 3.63) is 0 Å². The number of carboxylic acid groups (broad SMARTS) is 2. The van der Waals surface area contributed by atoms with Gasteiger partial charge in [-0.2, -0.15) is 0 Å². The van der Waals surface area contributed by atoms with E-state index in [0.717, 1.165) is 31.0 Å². The number of cyclic esters (lactones) is 2. The number of aliphatic carboxylic acids is 2. The minimum absolute atomic E-state index is 0. The Morgan fingerprint density at radius 1 is 0.782 bits per heavy atom. The normalized spacial score (nSPS) is 23.4. The topological polar surface area (TPSA) is 286 Å². The van der Waals surface area contributed by atoms with Crippen molar-refractivity contribution in [2.75, 3.05) is 47.3 Å². The minimum Gasteiger partial charge on any atom is -0.481 e. The Morgan fingerprint density at radius 2 is 1.27 bits per heavy atom. The lowest BCUT2D eigenvalue weighted by atomic mass is 10.1. The molecule has 0 unspecified atom stereocenters. The van der Waals surface area contributed by atoms with E-state index < -0.39 is 35.8 Å². The van der Waals surface area contributed by atoms with E-state index in [-0.39, 0.29) is 117 Å². The number of nitrogens with zero attached hydrogens (tertiary/aromatic N) is 3. The summed E-state index contributed by atoms with van der Waals surface area (Å²) in [5.41, 5.74) is 16.3. The van der Waals surface area contributed by atoms with E-state index in [0.29, 0.717) is 18.5 Å². The van der Waals surface area contributed by atoms with Gasteiger partial charge in [-0.05, 0) is 33.0 Å². The molecule has 9 N–H and O–H groups in total. The average molecular weight is 841 g/mol. The Kier molecular flexibility index (Phi) is 44.5. The van der Waals surface area contributed by atoms with Crippen LogP contribution in [0.25, 0.3) is 0 Å². The highest BCUT2D eigenvalue weighted by Gasteiger charge is 2.33. The van der Waals surface area contributed by atoms with Crippen molar-refractivity contribution < 1.29 is 53.3 Å². The molecule has 4 amide bonds. The number of likely N-dealkylation sites (tertiary alicyclic amines) is 3. The quantitative estimate of drug-likeness (QED) is 0.135. The molecule has 5 aliphatic rings. The molecule has 0 saturated carbocycles. The zero-order valence-electron chi connectivity index (χ0n) is 29.5. The molecular weight excluding hydrogens is 765 g/mol. The number of esters is 2. The van der Waals surface area contributed by atoms with E-state index in [9.17, 15) is 38.4 Å². The van der Waals surface area contributed by atoms with E-state index in [2.05, 4.69) is 22.0 Å². The number of hydrogen-bond donors (Lipinski definition) is 6. The minimum atomic E-state index is -1.08. The lowest BCUT2D eigenvalue weighted by Crippen LogP contribution is -2.32. The molecule has 20 heteroatoms. The van der Waals surface area contributed by atoms with Gasteiger partial charge in [0.05, 0.1) is 37.1 Å². The number of carboxylic acids is 2. The monoisotopic (exact) mass is 839 g/mol. The van der Waals surface area contributed by atoms with E-state index in [1.54, 1.807) is 13.8 Å². The van der Waals surface area contributed by atoms with E-state index >= 15 is 0 Å². The smallest absolute Gasteiger partial charge is 0.316 e. The number of imide groups is 2. The number of nitrogens with two attached hydrogens (primary N) is 3. The van der Waals surface area contributed by atoms with E-state index in [4.69, 9.17) is 27.4 Å². The van der Waals surface area contributed by atoms with Gasteiger partial charge < -0.3 is 42.4 Å². The first-order chi connectivity index (χ1) is 22.2. The highest BCUT2D eigenvalue weighted by Crippen LogP contribution is 2.16. The third-order valence-electron chi connectivity index (χ3n) is 7.54. The van der Waals surface area contributed by atoms with Crippen LogP contribution in [0.5, 0.6) is 0 Å². The molecule has 0 radical (unpaired) electrons. The lowest BCUT2D eigenvalue weighted by Gasteiger charge is -2.03. The maximum atomic E-state index is 10.8. The second-order valence-corrected chi connectivity index (χ2v) is 12.3. The SMILES string of the molecule is C.C.C.C.C.CN1C(=O)C[C@H](N)C1=O.CN1CC[C@H](N)C1.C[C@@H](CC(=O)O)C(=O)O.C[C@H]1CC(=O)N(C)C1=O.C[C@H]1CC(=O)OC1=O.Cl.Cl.N[C@H]1CCNC1. The Labute approximate surface area is 341 Å². The molecule has 0 aromatic rings. The van der Waals surface area contributed by atoms with Gasteiger partial charge in [0.15, 0.2) is 0 Å². The highest BCUT2D eigenvalue weighted by molar-refractivity contribution is 6.05. The number of amides is 4. The van der Waals surface area contributed by atoms with Crippen molar-refractivity contribution >= 4 is 72.3 Å². The predicted molar refractivity (Wildman–Crippen MR) is 220 cm³/mol. The third kappa shape index (κ3) is 28.8. The number of ether oxygens (including phenoxy) is 1. The summed E-state index contributed by atoms with van der Waals surface area (Å²) in [5, 5.41) is 19.4. The summed E-state index contributed by atoms with van der Waals surface area (Å²) in [5.74, 6) is -4.63. The van der Waals surface area contributed by atoms with Gasteiger partial charge in [0.25, 0.3) is 0 Å². The molecule has 5 rings (SSSR count). The number of likely N-dealkylation sites (N-methyl/N-ethyl adjacent to an activating group) is 2. The van der Waals surface area contributed by atoms with Crippen LogP contribution in [0.3, 0.4) is 0 Å². The molecule has 0 aliphatic carbocycles. The van der Waals surface area contributed by atoms with Crippen LogP contribution in [0.1, 0.15) is 96.4 Å². The zero-order valence-corrected chi connectivity index (χ0v) is 31.1. The van der Waals surface area contributed by atoms with Crippen LogP contribution in [0, 0.1) is 17.8 Å². The first kappa shape index (κ1) is 69.6. The molecule has 55 heavy (non-hydrogen) atoms. The number of rotatable bonds is 3. The van der Waals surface area contributed by atoms with Gasteiger partial charge in [-0.3, -0.25) is 48.2 Å². The van der Waals surface area contributed by atoms with Crippen LogP contribution in [-0.2, 0) is 43.1 Å². The van der Waals surface area contributed by atoms with Crippen molar-refractivity contribution in [2.24, 2.45) is 35.0 Å². The zero-order chi connectivity index (χ0) is 37.3. The fourth-order valence-corrected chi connectivity index (χ4v) is 4.31. The molecule has 330 valence electrons. The summed E-state index contributed by atoms with van der Waals surface area (Å²) in [6.45, 7) is 9.19. The standard InChI is InChI=1S/C6H9NO2.C5H8N2O2.C5H12N2.C5H8O4.C5H6O3.C4H10N2.5CH4.2ClH/c1-4-3-5(8)7(2)6(4)9;1-7-4(8)2-3(6)5(7)9;1-7-3-2-5(6)4-7;1-3(5(8)9)2-4(6)7;1-3-2-4(6)8-5(3)7;5-4-1-2-6-3-4;;;;;;;/h4H,3H2,1-2H3;3H,2,6H2,1H3;5H,2-4,6H2,1H3;3H,2H2,1H3,(H,6,7)(H,8,9);3H,2H2,1H3;4,6H,1-3,5H2;5*1H4;2*1H/t4-;3-;5-;2*3-;4-;;;;;;;/m000000......./s1. The van der Waals surface area contributed by atoms with Gasteiger partial charge in [-0.25, -0.2) is 0 Å². The fraction of sp³-hybridized carbons (Fsp3) is 0.771. The van der Waals surface area contributed by atoms with Gasteiger partial charge in [-0.15, -0.1) is 24.8 Å². The molecule has 5 aliphatic heterocycles. The van der Waals surface area contributed by atoms with E-state index in [1.165, 1.54) is 38.9 Å². The summed E-state index contributed by atoms with van der Waals surface area (Å²) in [7, 11) is 5.07. The van der Waals surface area contributed by atoms with E-state index in [1.807, 2.05) is 0 Å². The fourth-order valence-electron chi connectivity index (χ4n) is 4.31. The number of halogens is 2. The Hall–Kier alpha value is -3.26. The van der Waals surface area contributed by atoms with Gasteiger partial charge >= 0.3 is 23.9 Å². The molecule has 0 aromatic carbocycles. The summed E-state index contributed by atoms with van der Waals surface area (Å²) >= 11 is 0. The Bertz CT molecular complexity index is 1110. The second-order valence-electron chi connectivity index (χ2n) is 12.3. The van der Waals surface area contributed by atoms with Crippen molar-refractivity contribution in [1.29, 1.82) is 0 Å². The number of hydrogen-bond acceptors (Lipinski definition) is 14. The van der Waals surface area contributed by atoms with Gasteiger partial charge in [0.1, 0.15) is 0 Å². The van der Waals surface area contributed by atoms with Crippen molar-refractivity contribution in [3.63, 3.8) is 0 Å². The molecule has 0 aromatic heterocycles. The molecule has 5 saturated heterocycles. The van der Waals surface area contributed by atoms with Gasteiger partial charge in [-0.1, -0.05) is 57.9 Å². The van der Waals surface area contributed by atoms with Crippen molar-refractivity contribution in [2.45, 2.75) is 115 Å². The first-order valence-electron chi connectivity index (χ1n) is 15.6. The molecule has 0 bridgehead atoms. The predicted octanol–water partition coefficient (Wildman–Crippen LogP) is 1.97. The number of carbonyl (C=O) groups is 8. The highest BCUT2D eigenvalue weighted by atomic mass is 35.5. The van der Waals surface area contributed by atoms with Crippen LogP contribution in [0.4, 0.5) is 0 Å². The largest absolute Gasteiger partial charge is 0.481 e. The summed E-state index contributed by atoms with van der Waals surface area (Å²) < 4.78 is 4.20. The molecule has 18 nitrogen and oxygen atoms in total. The Morgan fingerprint density at radius 3 is 1.38 bits per heavy atom. The van der Waals surface area contributed by atoms with Crippen LogP contribution in [0.15, 0.2) is 0 Å². The second kappa shape index (κ2) is 35.2. The average Bonchev–Trinajstić information content (AvgIpc) is 3.79. The Balaban J connectivity index is -0.0000000786. The van der Waals surface area contributed by atoms with Gasteiger partial charge in [0.2, 0.25) is 23.6 Å². The summed E-state index contributed by atoms with van der Waals surface area (Å²) in [6, 6.07) is 0.289. The number of nitrogens with one attached hydrogen (secondary N) is 1. The maximum absolute atomic E-state index is 10.8. The summed E-state index contributed by atoms with van der Waals surface area (Å²) in [4.78, 5) is 87.7. The number of carbonyl (C=O) groups excluding carboxylic acids is 6. The molecule has 0 spiro atoms. The lowest BCUT2D eigenvalue weighted by molar-refractivity contribution is -0.153. The van der Waals surface area contributed by atoms with Crippen LogP contribution >= 0.6 is 24.8 Å². The molecule has 5 heterocycles. The van der Waals surface area contributed by atoms with Crippen molar-refractivity contribution in [3.8, 4) is 0 Å².